The molecule has 3 heterocycles. The Labute approximate surface area is 289 Å². The number of H-pyrrole nitrogens is 1. The van der Waals surface area contributed by atoms with E-state index in [9.17, 15) is 19.2 Å². The molecule has 5 rings (SSSR count). The maximum atomic E-state index is 14.1. The van der Waals surface area contributed by atoms with Gasteiger partial charge in [0.1, 0.15) is 36.7 Å². The Morgan fingerprint density at radius 3 is 2.46 bits per heavy atom. The lowest BCUT2D eigenvalue weighted by Crippen LogP contribution is -2.54. The van der Waals surface area contributed by atoms with Crippen LogP contribution in [0.5, 0.6) is 11.5 Å². The number of methoxy groups -OCH3 is 2. The van der Waals surface area contributed by atoms with Crippen molar-refractivity contribution >= 4 is 23.6 Å². The zero-order valence-corrected chi connectivity index (χ0v) is 28.5. The molecular formula is C34H42N10O6. The SMILES string of the molecule is COc1ccc(C[C@@H]2NC(=O)c3ccc(OC)c(c3)CCCNC(=O)CN(C(=O)c3nc(-n4cnnc4)n[nH]3)C[C@H](CC(C)C)NC2=O)cc1. The minimum atomic E-state index is -0.972. The molecule has 1 aliphatic rings. The summed E-state index contributed by atoms with van der Waals surface area (Å²) in [7, 11) is 3.12. The van der Waals surface area contributed by atoms with Gasteiger partial charge in [-0.05, 0) is 66.6 Å². The number of ether oxygens (including phenoxy) is 2. The summed E-state index contributed by atoms with van der Waals surface area (Å²) in [5.41, 5.74) is 1.95. The molecule has 0 spiro atoms. The second-order valence-electron chi connectivity index (χ2n) is 12.4. The van der Waals surface area contributed by atoms with Crippen LogP contribution in [0.1, 0.15) is 58.8 Å². The second-order valence-corrected chi connectivity index (χ2v) is 12.4. The monoisotopic (exact) mass is 686 g/mol. The van der Waals surface area contributed by atoms with Gasteiger partial charge in [-0.3, -0.25) is 28.8 Å². The Hall–Kier alpha value is -5.80. The van der Waals surface area contributed by atoms with Crippen molar-refractivity contribution in [2.45, 2.75) is 51.6 Å². The molecule has 4 N–H and O–H groups in total. The summed E-state index contributed by atoms with van der Waals surface area (Å²) < 4.78 is 12.2. The van der Waals surface area contributed by atoms with Gasteiger partial charge >= 0.3 is 0 Å². The first-order valence-electron chi connectivity index (χ1n) is 16.4. The Balaban J connectivity index is 1.47. The molecular weight excluding hydrogens is 644 g/mol. The number of carbonyl (C=O) groups is 4. The van der Waals surface area contributed by atoms with Crippen LogP contribution in [0.25, 0.3) is 5.95 Å². The lowest BCUT2D eigenvalue weighted by molar-refractivity contribution is -0.123. The lowest BCUT2D eigenvalue weighted by Gasteiger charge is -2.30. The number of aromatic amines is 1. The highest BCUT2D eigenvalue weighted by Crippen LogP contribution is 2.22. The first kappa shape index (κ1) is 35.5. The molecule has 0 fully saturated rings. The van der Waals surface area contributed by atoms with Gasteiger partial charge in [-0.15, -0.1) is 15.3 Å². The molecule has 2 aromatic carbocycles. The highest BCUT2D eigenvalue weighted by Gasteiger charge is 2.30. The summed E-state index contributed by atoms with van der Waals surface area (Å²) >= 11 is 0. The number of aromatic nitrogens is 6. The lowest BCUT2D eigenvalue weighted by atomic mass is 10.0. The average molecular weight is 687 g/mol. The summed E-state index contributed by atoms with van der Waals surface area (Å²) in [6.07, 6.45) is 4.49. The van der Waals surface area contributed by atoms with E-state index in [4.69, 9.17) is 9.47 Å². The van der Waals surface area contributed by atoms with Gasteiger partial charge < -0.3 is 30.3 Å². The number of hydrogen-bond donors (Lipinski definition) is 4. The smallest absolute Gasteiger partial charge is 0.291 e. The average Bonchev–Trinajstić information content (AvgIpc) is 3.82. The standard InChI is InChI=1S/C34H42N10O6/c1-21(2)14-25-17-43(33(48)30-40-34(42-41-30)44-19-36-37-20-44)18-29(45)35-13-5-6-23-16-24(9-12-28(23)50-4)31(46)39-27(32(47)38-25)15-22-7-10-26(49-3)11-8-22/h7-12,16,19-21,25,27H,5-6,13-15,17-18H2,1-4H3,(H,35,45)(H,38,47)(H,39,46)(H,40,41,42)/t25-,27-/m0/s1. The van der Waals surface area contributed by atoms with E-state index >= 15 is 0 Å². The Morgan fingerprint density at radius 1 is 1.00 bits per heavy atom. The Bertz CT molecular complexity index is 1770. The van der Waals surface area contributed by atoms with E-state index in [1.54, 1.807) is 44.6 Å². The number of hydrogen-bond acceptors (Lipinski definition) is 10. The van der Waals surface area contributed by atoms with Gasteiger partial charge in [-0.1, -0.05) is 26.0 Å². The number of rotatable bonds is 8. The van der Waals surface area contributed by atoms with E-state index in [1.165, 1.54) is 22.1 Å². The first-order valence-corrected chi connectivity index (χ1v) is 16.4. The second kappa shape index (κ2) is 16.5. The van der Waals surface area contributed by atoms with Crippen molar-refractivity contribution in [1.82, 2.24) is 50.8 Å². The summed E-state index contributed by atoms with van der Waals surface area (Å²) in [5, 5.41) is 23.1. The van der Waals surface area contributed by atoms with Crippen LogP contribution in [0, 0.1) is 5.92 Å². The molecule has 4 aromatic rings. The predicted molar refractivity (Wildman–Crippen MR) is 181 cm³/mol. The molecule has 0 radical (unpaired) electrons. The van der Waals surface area contributed by atoms with Crippen molar-refractivity contribution in [3.05, 3.63) is 77.6 Å². The van der Waals surface area contributed by atoms with Gasteiger partial charge in [-0.2, -0.15) is 4.98 Å². The fourth-order valence-corrected chi connectivity index (χ4v) is 5.75. The van der Waals surface area contributed by atoms with Crippen LogP contribution in [-0.4, -0.2) is 104 Å². The molecule has 16 heteroatoms. The number of fused-ring (bicyclic) bond motifs is 2. The highest BCUT2D eigenvalue weighted by molar-refractivity contribution is 5.98. The van der Waals surface area contributed by atoms with E-state index in [2.05, 4.69) is 41.3 Å². The van der Waals surface area contributed by atoms with E-state index < -0.39 is 29.8 Å². The molecule has 2 bridgehead atoms. The highest BCUT2D eigenvalue weighted by atomic mass is 16.5. The Morgan fingerprint density at radius 2 is 1.76 bits per heavy atom. The van der Waals surface area contributed by atoms with Gasteiger partial charge in [0.05, 0.1) is 14.2 Å². The minimum Gasteiger partial charge on any atom is -0.497 e. The molecule has 4 amide bonds. The van der Waals surface area contributed by atoms with Crippen LogP contribution in [0.15, 0.2) is 55.1 Å². The summed E-state index contributed by atoms with van der Waals surface area (Å²) in [6, 6.07) is 10.8. The van der Waals surface area contributed by atoms with Crippen LogP contribution in [0.2, 0.25) is 0 Å². The first-order chi connectivity index (χ1) is 24.1. The van der Waals surface area contributed by atoms with Crippen molar-refractivity contribution < 1.29 is 28.7 Å². The molecule has 0 saturated carbocycles. The maximum absolute atomic E-state index is 14.1. The molecule has 0 saturated heterocycles. The number of nitrogens with zero attached hydrogens (tertiary/aromatic N) is 6. The molecule has 2 aromatic heterocycles. The number of nitrogens with one attached hydrogen (secondary N) is 4. The van der Waals surface area contributed by atoms with Crippen molar-refractivity contribution in [3.8, 4) is 17.4 Å². The number of benzene rings is 2. The third-order valence-electron chi connectivity index (χ3n) is 8.20. The van der Waals surface area contributed by atoms with Crippen LogP contribution < -0.4 is 25.4 Å². The molecule has 0 aliphatic carbocycles. The van der Waals surface area contributed by atoms with E-state index in [-0.39, 0.29) is 43.1 Å². The topological polar surface area (TPSA) is 198 Å². The number of carbonyl (C=O) groups excluding carboxylic acids is 4. The third kappa shape index (κ3) is 9.21. The van der Waals surface area contributed by atoms with Gasteiger partial charge in [0.25, 0.3) is 17.8 Å². The van der Waals surface area contributed by atoms with Crippen LogP contribution in [0.3, 0.4) is 0 Å². The van der Waals surface area contributed by atoms with Gasteiger partial charge in [-0.25, -0.2) is 0 Å². The Kier molecular flexibility index (Phi) is 11.7. The summed E-state index contributed by atoms with van der Waals surface area (Å²) in [4.78, 5) is 60.5. The number of amides is 4. The predicted octanol–water partition coefficient (Wildman–Crippen LogP) is 1.48. The van der Waals surface area contributed by atoms with Crippen molar-refractivity contribution in [2.75, 3.05) is 33.9 Å². The zero-order chi connectivity index (χ0) is 35.6. The molecule has 264 valence electrons. The van der Waals surface area contributed by atoms with E-state index in [1.807, 2.05) is 26.0 Å². The van der Waals surface area contributed by atoms with Crippen LogP contribution in [-0.2, 0) is 22.4 Å². The fourth-order valence-electron chi connectivity index (χ4n) is 5.75. The van der Waals surface area contributed by atoms with Crippen molar-refractivity contribution in [3.63, 3.8) is 0 Å². The summed E-state index contributed by atoms with van der Waals surface area (Å²) in [5.74, 6) is -0.413. The zero-order valence-electron chi connectivity index (χ0n) is 28.5. The molecule has 1 aliphatic heterocycles. The van der Waals surface area contributed by atoms with Gasteiger partial charge in [0.15, 0.2) is 0 Å². The summed E-state index contributed by atoms with van der Waals surface area (Å²) in [6.45, 7) is 3.99. The quantitative estimate of drug-likeness (QED) is 0.211. The van der Waals surface area contributed by atoms with Crippen LogP contribution >= 0.6 is 0 Å². The third-order valence-corrected chi connectivity index (χ3v) is 8.20. The molecule has 2 atom stereocenters. The molecule has 0 unspecified atom stereocenters. The van der Waals surface area contributed by atoms with E-state index in [0.717, 1.165) is 11.1 Å². The van der Waals surface area contributed by atoms with Crippen molar-refractivity contribution in [2.24, 2.45) is 5.92 Å². The molecule has 50 heavy (non-hydrogen) atoms. The van der Waals surface area contributed by atoms with Crippen LogP contribution in [0.4, 0.5) is 0 Å². The number of aryl methyl sites for hydroxylation is 1. The van der Waals surface area contributed by atoms with Gasteiger partial charge in [0, 0.05) is 31.1 Å². The largest absolute Gasteiger partial charge is 0.497 e. The minimum absolute atomic E-state index is 0.0139. The molecule has 16 nitrogen and oxygen atoms in total. The van der Waals surface area contributed by atoms with E-state index in [0.29, 0.717) is 42.9 Å². The maximum Gasteiger partial charge on any atom is 0.291 e. The van der Waals surface area contributed by atoms with Gasteiger partial charge in [0.2, 0.25) is 17.6 Å². The van der Waals surface area contributed by atoms with Crippen molar-refractivity contribution in [1.29, 1.82) is 0 Å². The fraction of sp³-hybridized carbons (Fsp3) is 0.412. The normalized spacial score (nSPS) is 17.8.